The van der Waals surface area contributed by atoms with Crippen LogP contribution in [0.2, 0.25) is 0 Å². The fourth-order valence-corrected chi connectivity index (χ4v) is 7.86. The van der Waals surface area contributed by atoms with Gasteiger partial charge in [-0.3, -0.25) is 14.5 Å². The highest BCUT2D eigenvalue weighted by Crippen LogP contribution is 2.52. The molecule has 4 nitrogen and oxygen atoms in total. The molecule has 4 aromatic carbocycles. The van der Waals surface area contributed by atoms with Crippen LogP contribution in [0.25, 0.3) is 5.57 Å². The van der Waals surface area contributed by atoms with Crippen LogP contribution in [-0.4, -0.2) is 22.9 Å². The van der Waals surface area contributed by atoms with Crippen LogP contribution in [0.15, 0.2) is 106 Å². The Morgan fingerprint density at radius 1 is 0.682 bits per heavy atom. The molecule has 0 radical (unpaired) electrons. The van der Waals surface area contributed by atoms with Gasteiger partial charge in [0.25, 0.3) is 11.8 Å². The second kappa shape index (κ2) is 10.8. The third kappa shape index (κ3) is 5.06. The molecular formula is C38H36Br2N2O2. The minimum atomic E-state index is -0.500. The molecule has 224 valence electrons. The summed E-state index contributed by atoms with van der Waals surface area (Å²) in [5, 5.41) is 0. The smallest absolute Gasteiger partial charge is 0.259 e. The Hall–Kier alpha value is -3.48. The number of hydrogen-bond donors (Lipinski definition) is 0. The normalized spacial score (nSPS) is 20.0. The largest absolute Gasteiger partial charge is 0.302 e. The Kier molecular flexibility index (Phi) is 7.53. The molecule has 0 N–H and O–H groups in total. The van der Waals surface area contributed by atoms with Gasteiger partial charge in [-0.15, -0.1) is 0 Å². The fourth-order valence-electron chi connectivity index (χ4n) is 7.33. The van der Waals surface area contributed by atoms with E-state index in [9.17, 15) is 9.59 Å². The highest BCUT2D eigenvalue weighted by atomic mass is 79.9. The fraction of sp³-hybridized carbons (Fsp3) is 0.263. The number of allylic oxidation sites excluding steroid dienone is 1. The highest BCUT2D eigenvalue weighted by Gasteiger charge is 2.48. The topological polar surface area (TPSA) is 40.6 Å². The summed E-state index contributed by atoms with van der Waals surface area (Å²) in [6.07, 6.45) is 2.92. The molecule has 0 bridgehead atoms. The lowest BCUT2D eigenvalue weighted by Gasteiger charge is -2.51. The maximum absolute atomic E-state index is 14.0. The lowest BCUT2D eigenvalue weighted by atomic mass is 9.64. The summed E-state index contributed by atoms with van der Waals surface area (Å²) in [7, 11) is 0. The van der Waals surface area contributed by atoms with Crippen molar-refractivity contribution in [2.24, 2.45) is 0 Å². The molecule has 0 fully saturated rings. The summed E-state index contributed by atoms with van der Waals surface area (Å²) in [4.78, 5) is 31.9. The number of carbonyl (C=O) groups is 2. The van der Waals surface area contributed by atoms with Gasteiger partial charge in [-0.1, -0.05) is 69.1 Å². The average molecular weight is 713 g/mol. The first-order valence-corrected chi connectivity index (χ1v) is 16.5. The maximum Gasteiger partial charge on any atom is 0.259 e. The summed E-state index contributed by atoms with van der Waals surface area (Å²) in [6, 6.07) is 30.0. The molecule has 44 heavy (non-hydrogen) atoms. The summed E-state index contributed by atoms with van der Waals surface area (Å²) in [6.45, 7) is 12.9. The van der Waals surface area contributed by atoms with Gasteiger partial charge in [-0.2, -0.15) is 0 Å². The number of hydrogen-bond acceptors (Lipinski definition) is 2. The number of nitrogens with zero attached hydrogens (tertiary/aromatic N) is 2. The van der Waals surface area contributed by atoms with Crippen molar-refractivity contribution < 1.29 is 9.59 Å². The Morgan fingerprint density at radius 3 is 1.82 bits per heavy atom. The van der Waals surface area contributed by atoms with Gasteiger partial charge < -0.3 is 4.90 Å². The van der Waals surface area contributed by atoms with E-state index in [0.717, 1.165) is 49.0 Å². The lowest BCUT2D eigenvalue weighted by molar-refractivity contribution is 0.0946. The number of anilines is 2. The first-order chi connectivity index (χ1) is 20.7. The van der Waals surface area contributed by atoms with Gasteiger partial charge in [0.05, 0.1) is 11.2 Å². The Labute approximate surface area is 277 Å². The second-order valence-electron chi connectivity index (χ2n) is 13.3. The van der Waals surface area contributed by atoms with Crippen LogP contribution in [0.5, 0.6) is 0 Å². The number of halogens is 2. The van der Waals surface area contributed by atoms with Gasteiger partial charge in [-0.05, 0) is 124 Å². The molecule has 2 aliphatic heterocycles. The van der Waals surface area contributed by atoms with E-state index in [2.05, 4.69) is 116 Å². The van der Waals surface area contributed by atoms with Crippen LogP contribution >= 0.6 is 31.9 Å². The molecule has 0 aromatic heterocycles. The molecule has 1 unspecified atom stereocenters. The van der Waals surface area contributed by atoms with Crippen molar-refractivity contribution in [2.75, 3.05) is 9.80 Å². The van der Waals surface area contributed by atoms with E-state index in [-0.39, 0.29) is 17.2 Å². The van der Waals surface area contributed by atoms with Crippen LogP contribution < -0.4 is 9.80 Å². The number of para-hydroxylation sites is 1. The molecule has 0 saturated carbocycles. The zero-order valence-corrected chi connectivity index (χ0v) is 29.1. The molecule has 1 atom stereocenters. The van der Waals surface area contributed by atoms with E-state index in [4.69, 9.17) is 0 Å². The van der Waals surface area contributed by atoms with Crippen molar-refractivity contribution >= 4 is 60.6 Å². The van der Waals surface area contributed by atoms with E-state index < -0.39 is 11.1 Å². The van der Waals surface area contributed by atoms with Crippen LogP contribution in [-0.2, 0) is 5.41 Å². The van der Waals surface area contributed by atoms with Crippen molar-refractivity contribution in [2.45, 2.75) is 64.5 Å². The minimum absolute atomic E-state index is 0.00875. The van der Waals surface area contributed by atoms with Gasteiger partial charge in [0, 0.05) is 42.3 Å². The third-order valence-corrected chi connectivity index (χ3v) is 10.2. The van der Waals surface area contributed by atoms with Crippen molar-refractivity contribution in [3.63, 3.8) is 0 Å². The highest BCUT2D eigenvalue weighted by molar-refractivity contribution is 9.10. The SMILES string of the molecule is CC1=CC(C)(C)N(C(=O)c2ccc(Br)cc2)c2ccc(C3(C)CC(C)(C)N(C(=O)c4ccc(Br)cc4)c4ccccc43)cc21. The number of rotatable bonds is 3. The minimum Gasteiger partial charge on any atom is -0.302 e. The summed E-state index contributed by atoms with van der Waals surface area (Å²) in [5.41, 5.74) is 6.27. The first-order valence-electron chi connectivity index (χ1n) is 14.9. The second-order valence-corrected chi connectivity index (χ2v) is 15.2. The van der Waals surface area contributed by atoms with Gasteiger partial charge >= 0.3 is 0 Å². The van der Waals surface area contributed by atoms with Gasteiger partial charge in [0.15, 0.2) is 0 Å². The molecule has 2 heterocycles. The number of carbonyl (C=O) groups excluding carboxylic acids is 2. The molecular weight excluding hydrogens is 676 g/mol. The van der Waals surface area contributed by atoms with E-state index >= 15 is 0 Å². The maximum atomic E-state index is 14.0. The van der Waals surface area contributed by atoms with Crippen LogP contribution in [0.3, 0.4) is 0 Å². The first kappa shape index (κ1) is 30.5. The van der Waals surface area contributed by atoms with Crippen molar-refractivity contribution in [3.8, 4) is 0 Å². The van der Waals surface area contributed by atoms with Crippen LogP contribution in [0.1, 0.15) is 85.4 Å². The molecule has 0 saturated heterocycles. The molecule has 4 aromatic rings. The van der Waals surface area contributed by atoms with Crippen LogP contribution in [0.4, 0.5) is 11.4 Å². The zero-order chi connectivity index (χ0) is 31.6. The number of fused-ring (bicyclic) bond motifs is 2. The van der Waals surface area contributed by atoms with Gasteiger partial charge in [0.2, 0.25) is 0 Å². The zero-order valence-electron chi connectivity index (χ0n) is 25.9. The number of amides is 2. The molecule has 2 aliphatic rings. The van der Waals surface area contributed by atoms with Gasteiger partial charge in [-0.25, -0.2) is 0 Å². The Morgan fingerprint density at radius 2 is 1.23 bits per heavy atom. The Balaban J connectivity index is 1.46. The summed E-state index contributed by atoms with van der Waals surface area (Å²) >= 11 is 6.97. The van der Waals surface area contributed by atoms with E-state index in [1.165, 1.54) is 0 Å². The van der Waals surface area contributed by atoms with Crippen molar-refractivity contribution in [1.29, 1.82) is 0 Å². The quantitative estimate of drug-likeness (QED) is 0.212. The molecule has 6 rings (SSSR count). The monoisotopic (exact) mass is 710 g/mol. The predicted molar refractivity (Wildman–Crippen MR) is 188 cm³/mol. The van der Waals surface area contributed by atoms with E-state index in [1.54, 1.807) is 0 Å². The Bertz CT molecular complexity index is 1820. The summed E-state index contributed by atoms with van der Waals surface area (Å²) in [5.74, 6) is -0.0387. The molecule has 6 heteroatoms. The molecule has 0 spiro atoms. The predicted octanol–water partition coefficient (Wildman–Crippen LogP) is 10.2. The van der Waals surface area contributed by atoms with Gasteiger partial charge in [0.1, 0.15) is 0 Å². The lowest BCUT2D eigenvalue weighted by Crippen LogP contribution is -2.56. The standard InChI is InChI=1S/C38H36Br2N2O2/c1-24-22-36(2,3)41(34(43)25-11-16-28(39)17-12-25)32-20-15-27(21-30(24)32)38(6)23-37(4,5)42(33-10-8-7-9-31(33)38)35(44)26-13-18-29(40)19-14-26/h7-22H,23H2,1-6H3. The van der Waals surface area contributed by atoms with E-state index in [0.29, 0.717) is 11.1 Å². The van der Waals surface area contributed by atoms with Crippen molar-refractivity contribution in [1.82, 2.24) is 0 Å². The van der Waals surface area contributed by atoms with E-state index in [1.807, 2.05) is 64.4 Å². The number of benzene rings is 4. The van der Waals surface area contributed by atoms with Crippen molar-refractivity contribution in [3.05, 3.63) is 134 Å². The molecule has 2 amide bonds. The average Bonchev–Trinajstić information content (AvgIpc) is 2.96. The summed E-state index contributed by atoms with van der Waals surface area (Å²) < 4.78 is 1.88. The molecule has 0 aliphatic carbocycles. The van der Waals surface area contributed by atoms with Crippen LogP contribution in [0, 0.1) is 0 Å². The third-order valence-electron chi connectivity index (χ3n) is 9.16.